The van der Waals surface area contributed by atoms with Gasteiger partial charge in [0.2, 0.25) is 0 Å². The third-order valence-corrected chi connectivity index (χ3v) is 4.65. The summed E-state index contributed by atoms with van der Waals surface area (Å²) in [5.41, 5.74) is 5.80. The quantitative estimate of drug-likeness (QED) is 0.527. The van der Waals surface area contributed by atoms with E-state index in [-0.39, 0.29) is 11.2 Å². The minimum atomic E-state index is -0.471. The van der Waals surface area contributed by atoms with Crippen LogP contribution in [0.5, 0.6) is 0 Å². The first kappa shape index (κ1) is 13.5. The standard InChI is InChI=1S/C12H16ClN3OS/c1-4-7(2)18-9-8(14)10(17)16(3)11(15-9)12(13)5-6-12/h4H,5-6,14H2,1-3H3. The van der Waals surface area contributed by atoms with Gasteiger partial charge in [0.05, 0.1) is 0 Å². The van der Waals surface area contributed by atoms with Gasteiger partial charge >= 0.3 is 0 Å². The van der Waals surface area contributed by atoms with Gasteiger partial charge in [0.15, 0.2) is 0 Å². The smallest absolute Gasteiger partial charge is 0.277 e. The van der Waals surface area contributed by atoms with E-state index < -0.39 is 4.87 Å². The Morgan fingerprint density at radius 2 is 2.22 bits per heavy atom. The van der Waals surface area contributed by atoms with Crippen molar-refractivity contribution in [2.75, 3.05) is 5.73 Å². The van der Waals surface area contributed by atoms with E-state index in [4.69, 9.17) is 17.3 Å². The number of rotatable bonds is 3. The van der Waals surface area contributed by atoms with E-state index in [1.165, 1.54) is 16.3 Å². The van der Waals surface area contributed by atoms with E-state index in [0.717, 1.165) is 17.7 Å². The average Bonchev–Trinajstić information content (AvgIpc) is 3.08. The maximum atomic E-state index is 12.1. The molecule has 0 saturated heterocycles. The Hall–Kier alpha value is -0.940. The number of thioether (sulfide) groups is 1. The molecule has 6 heteroatoms. The van der Waals surface area contributed by atoms with Crippen molar-refractivity contribution >= 4 is 29.1 Å². The van der Waals surface area contributed by atoms with Gasteiger partial charge < -0.3 is 5.73 Å². The lowest BCUT2D eigenvalue weighted by atomic mass is 10.3. The van der Waals surface area contributed by atoms with Crippen molar-refractivity contribution in [2.45, 2.75) is 36.6 Å². The topological polar surface area (TPSA) is 60.9 Å². The molecular weight excluding hydrogens is 270 g/mol. The van der Waals surface area contributed by atoms with E-state index in [2.05, 4.69) is 4.98 Å². The Morgan fingerprint density at radius 1 is 1.61 bits per heavy atom. The van der Waals surface area contributed by atoms with Crippen LogP contribution in [0.2, 0.25) is 0 Å². The fourth-order valence-corrected chi connectivity index (χ4v) is 2.64. The summed E-state index contributed by atoms with van der Waals surface area (Å²) in [6, 6.07) is 0. The molecular formula is C12H16ClN3OS. The van der Waals surface area contributed by atoms with Crippen LogP contribution in [-0.2, 0) is 11.9 Å². The summed E-state index contributed by atoms with van der Waals surface area (Å²) in [4.78, 5) is 17.1. The number of anilines is 1. The van der Waals surface area contributed by atoms with Gasteiger partial charge in [-0.1, -0.05) is 17.8 Å². The molecule has 0 radical (unpaired) electrons. The van der Waals surface area contributed by atoms with E-state index in [1.54, 1.807) is 7.05 Å². The molecule has 0 aromatic carbocycles. The normalized spacial score (nSPS) is 17.9. The molecule has 0 spiro atoms. The lowest BCUT2D eigenvalue weighted by Crippen LogP contribution is -2.28. The molecule has 1 saturated carbocycles. The van der Waals surface area contributed by atoms with Crippen LogP contribution in [0.15, 0.2) is 20.8 Å². The second kappa shape index (κ2) is 4.63. The molecule has 1 heterocycles. The Morgan fingerprint density at radius 3 is 2.72 bits per heavy atom. The van der Waals surface area contributed by atoms with Crippen LogP contribution in [0, 0.1) is 0 Å². The highest BCUT2D eigenvalue weighted by Crippen LogP contribution is 2.51. The molecule has 1 aliphatic carbocycles. The molecule has 0 bridgehead atoms. The predicted molar refractivity (Wildman–Crippen MR) is 75.9 cm³/mol. The van der Waals surface area contributed by atoms with Crippen molar-refractivity contribution in [1.82, 2.24) is 9.55 Å². The van der Waals surface area contributed by atoms with Crippen molar-refractivity contribution in [2.24, 2.45) is 7.05 Å². The minimum Gasteiger partial charge on any atom is -0.392 e. The summed E-state index contributed by atoms with van der Waals surface area (Å²) < 4.78 is 1.46. The van der Waals surface area contributed by atoms with Crippen molar-refractivity contribution in [3.63, 3.8) is 0 Å². The molecule has 4 nitrogen and oxygen atoms in total. The van der Waals surface area contributed by atoms with Crippen molar-refractivity contribution in [3.8, 4) is 0 Å². The van der Waals surface area contributed by atoms with E-state index >= 15 is 0 Å². The number of nitrogen functional groups attached to an aromatic ring is 1. The van der Waals surface area contributed by atoms with Crippen molar-refractivity contribution < 1.29 is 0 Å². The van der Waals surface area contributed by atoms with E-state index in [0.29, 0.717) is 10.9 Å². The highest BCUT2D eigenvalue weighted by atomic mass is 35.5. The van der Waals surface area contributed by atoms with Gasteiger partial charge in [-0.05, 0) is 31.6 Å². The second-order valence-corrected chi connectivity index (χ2v) is 6.44. The van der Waals surface area contributed by atoms with Crippen molar-refractivity contribution in [1.29, 1.82) is 0 Å². The van der Waals surface area contributed by atoms with Crippen LogP contribution in [0.4, 0.5) is 5.69 Å². The summed E-state index contributed by atoms with van der Waals surface area (Å²) in [6.45, 7) is 3.89. The summed E-state index contributed by atoms with van der Waals surface area (Å²) in [6.07, 6.45) is 3.66. The highest BCUT2D eigenvalue weighted by molar-refractivity contribution is 8.03. The molecule has 0 aliphatic heterocycles. The van der Waals surface area contributed by atoms with Gasteiger partial charge in [-0.2, -0.15) is 0 Å². The molecule has 1 aliphatic rings. The number of hydrogen-bond donors (Lipinski definition) is 1. The Labute approximate surface area is 115 Å². The first-order valence-corrected chi connectivity index (χ1v) is 6.95. The molecule has 0 amide bonds. The molecule has 2 N–H and O–H groups in total. The number of nitrogens with zero attached hydrogens (tertiary/aromatic N) is 2. The van der Waals surface area contributed by atoms with Crippen LogP contribution in [0.1, 0.15) is 32.5 Å². The van der Waals surface area contributed by atoms with Gasteiger partial charge in [-0.3, -0.25) is 9.36 Å². The third kappa shape index (κ3) is 2.29. The zero-order valence-electron chi connectivity index (χ0n) is 10.7. The van der Waals surface area contributed by atoms with Crippen LogP contribution in [0.3, 0.4) is 0 Å². The fraction of sp³-hybridized carbons (Fsp3) is 0.500. The van der Waals surface area contributed by atoms with E-state index in [9.17, 15) is 4.79 Å². The van der Waals surface area contributed by atoms with Gasteiger partial charge in [0.25, 0.3) is 5.56 Å². The molecule has 18 heavy (non-hydrogen) atoms. The van der Waals surface area contributed by atoms with Gasteiger partial charge in [0.1, 0.15) is 21.4 Å². The lowest BCUT2D eigenvalue weighted by molar-refractivity contribution is 0.685. The number of aromatic nitrogens is 2. The molecule has 2 rings (SSSR count). The molecule has 1 aromatic rings. The van der Waals surface area contributed by atoms with Gasteiger partial charge in [-0.25, -0.2) is 4.98 Å². The number of alkyl halides is 1. The predicted octanol–water partition coefficient (Wildman–Crippen LogP) is 2.61. The highest BCUT2D eigenvalue weighted by Gasteiger charge is 2.46. The number of halogens is 1. The Kier molecular flexibility index (Phi) is 3.47. The fourth-order valence-electron chi connectivity index (χ4n) is 1.62. The maximum absolute atomic E-state index is 12.1. The van der Waals surface area contributed by atoms with E-state index in [1.807, 2.05) is 19.9 Å². The molecule has 98 valence electrons. The van der Waals surface area contributed by atoms with Crippen LogP contribution in [0.25, 0.3) is 0 Å². The Balaban J connectivity index is 2.54. The lowest BCUT2D eigenvalue weighted by Gasteiger charge is -2.14. The van der Waals surface area contributed by atoms with Crippen molar-refractivity contribution in [3.05, 3.63) is 27.2 Å². The average molecular weight is 286 g/mol. The second-order valence-electron chi connectivity index (χ2n) is 4.49. The zero-order chi connectivity index (χ0) is 13.5. The Bertz CT molecular complexity index is 575. The SMILES string of the molecule is CC=C(C)Sc1nc(C2(Cl)CC2)n(C)c(=O)c1N. The molecule has 1 fully saturated rings. The molecule has 0 unspecified atom stereocenters. The number of nitrogens with two attached hydrogens (primary N) is 1. The summed E-state index contributed by atoms with van der Waals surface area (Å²) in [5, 5.41) is 0.552. The van der Waals surface area contributed by atoms with Crippen LogP contribution in [-0.4, -0.2) is 9.55 Å². The summed E-state index contributed by atoms with van der Waals surface area (Å²) >= 11 is 7.76. The first-order valence-electron chi connectivity index (χ1n) is 5.75. The molecule has 0 atom stereocenters. The summed E-state index contributed by atoms with van der Waals surface area (Å²) in [7, 11) is 1.67. The van der Waals surface area contributed by atoms with Crippen LogP contribution < -0.4 is 11.3 Å². The third-order valence-electron chi connectivity index (χ3n) is 3.04. The minimum absolute atomic E-state index is 0.188. The van der Waals surface area contributed by atoms with Gasteiger partial charge in [0, 0.05) is 7.05 Å². The number of allylic oxidation sites excluding steroid dienone is 2. The number of hydrogen-bond acceptors (Lipinski definition) is 4. The molecule has 1 aromatic heterocycles. The summed E-state index contributed by atoms with van der Waals surface area (Å²) in [5.74, 6) is 0.620. The zero-order valence-corrected chi connectivity index (χ0v) is 12.2. The van der Waals surface area contributed by atoms with Crippen LogP contribution >= 0.6 is 23.4 Å². The largest absolute Gasteiger partial charge is 0.392 e. The monoisotopic (exact) mass is 285 g/mol. The maximum Gasteiger partial charge on any atom is 0.277 e. The first-order chi connectivity index (χ1) is 8.39. The van der Waals surface area contributed by atoms with Gasteiger partial charge in [-0.15, -0.1) is 11.6 Å².